The van der Waals surface area contributed by atoms with E-state index in [1.54, 1.807) is 12.3 Å². The van der Waals surface area contributed by atoms with Gasteiger partial charge in [-0.25, -0.2) is 9.67 Å². The fraction of sp³-hybridized carbons (Fsp3) is 0.364. The highest BCUT2D eigenvalue weighted by Gasteiger charge is 2.43. The fourth-order valence-electron chi connectivity index (χ4n) is 3.87. The van der Waals surface area contributed by atoms with E-state index in [2.05, 4.69) is 21.5 Å². The van der Waals surface area contributed by atoms with Gasteiger partial charge in [0.2, 0.25) is 5.91 Å². The van der Waals surface area contributed by atoms with Crippen LogP contribution in [0.1, 0.15) is 31.9 Å². The number of carbonyl (C=O) groups is 1. The Balaban J connectivity index is 1.41. The Morgan fingerprint density at radius 2 is 2.17 bits per heavy atom. The summed E-state index contributed by atoms with van der Waals surface area (Å²) in [4.78, 5) is 16.5. The quantitative estimate of drug-likeness (QED) is 0.667. The number of nitriles is 1. The van der Waals surface area contributed by atoms with Crippen LogP contribution in [0, 0.1) is 23.2 Å². The molecule has 1 aromatic carbocycles. The Morgan fingerprint density at radius 3 is 2.93 bits per heavy atom. The molecule has 1 aliphatic heterocycles. The highest BCUT2D eigenvalue weighted by Crippen LogP contribution is 2.38. The minimum Gasteiger partial charge on any atom is -0.357 e. The van der Waals surface area contributed by atoms with Crippen LogP contribution in [0.15, 0.2) is 36.8 Å². The van der Waals surface area contributed by atoms with Gasteiger partial charge in [-0.05, 0) is 54.8 Å². The lowest BCUT2D eigenvalue weighted by molar-refractivity contribution is -0.117. The first kappa shape index (κ1) is 19.0. The molecule has 1 N–H and O–H groups in total. The molecule has 1 saturated heterocycles. The van der Waals surface area contributed by atoms with E-state index in [9.17, 15) is 4.79 Å². The highest BCUT2D eigenvalue weighted by atomic mass is 35.5. The molecule has 1 amide bonds. The third-order valence-corrected chi connectivity index (χ3v) is 6.03. The zero-order valence-corrected chi connectivity index (χ0v) is 17.0. The monoisotopic (exact) mass is 421 g/mol. The van der Waals surface area contributed by atoms with Crippen molar-refractivity contribution in [3.8, 4) is 17.2 Å². The largest absolute Gasteiger partial charge is 0.357 e. The van der Waals surface area contributed by atoms with E-state index in [0.29, 0.717) is 17.3 Å². The van der Waals surface area contributed by atoms with Crippen molar-refractivity contribution in [3.63, 3.8) is 0 Å². The Labute approximate surface area is 178 Å². The van der Waals surface area contributed by atoms with Crippen LogP contribution in [-0.4, -0.2) is 27.3 Å². The number of amides is 1. The molecule has 2 aliphatic rings. The lowest BCUT2D eigenvalue weighted by Gasteiger charge is -2.22. The number of anilines is 1. The van der Waals surface area contributed by atoms with Gasteiger partial charge >= 0.3 is 0 Å². The molecular formula is C22H20ClN5O2. The number of carbonyl (C=O) groups excluding carboxylic acids is 1. The van der Waals surface area contributed by atoms with E-state index in [-0.39, 0.29) is 24.0 Å². The summed E-state index contributed by atoms with van der Waals surface area (Å²) >= 11 is 6.51. The zero-order chi connectivity index (χ0) is 20.7. The van der Waals surface area contributed by atoms with Crippen molar-refractivity contribution in [3.05, 3.63) is 41.8 Å². The van der Waals surface area contributed by atoms with Crippen molar-refractivity contribution in [1.82, 2.24) is 14.8 Å². The molecule has 3 heterocycles. The zero-order valence-electron chi connectivity index (χ0n) is 16.2. The van der Waals surface area contributed by atoms with Gasteiger partial charge in [0, 0.05) is 30.0 Å². The first-order chi connectivity index (χ1) is 14.6. The van der Waals surface area contributed by atoms with Crippen molar-refractivity contribution in [2.45, 2.75) is 31.9 Å². The summed E-state index contributed by atoms with van der Waals surface area (Å²) in [5, 5.41) is 18.5. The van der Waals surface area contributed by atoms with E-state index < -0.39 is 0 Å². The molecule has 3 aromatic rings. The lowest BCUT2D eigenvalue weighted by Crippen LogP contribution is -2.18. The second-order valence-corrected chi connectivity index (χ2v) is 8.25. The number of hydrogen-bond donors (Lipinski definition) is 1. The molecule has 3 atom stereocenters. The smallest absolute Gasteiger partial charge is 0.230 e. The second-order valence-electron chi connectivity index (χ2n) is 7.85. The third kappa shape index (κ3) is 3.64. The molecule has 0 bridgehead atoms. The number of fused-ring (bicyclic) bond motifs is 1. The van der Waals surface area contributed by atoms with Crippen molar-refractivity contribution >= 4 is 34.1 Å². The maximum atomic E-state index is 12.2. The SMILES string of the molecule is N#C[C@H]1C[C@@H]1C(=O)Nc1cc2cc(-c3cnn(C4CCCCO4)c3)cc(Cl)c2cn1. The molecule has 0 spiro atoms. The van der Waals surface area contributed by atoms with Crippen LogP contribution >= 0.6 is 11.6 Å². The van der Waals surface area contributed by atoms with Crippen molar-refractivity contribution in [2.75, 3.05) is 11.9 Å². The number of hydrogen-bond acceptors (Lipinski definition) is 5. The summed E-state index contributed by atoms with van der Waals surface area (Å²) < 4.78 is 7.67. The number of pyridine rings is 1. The van der Waals surface area contributed by atoms with Gasteiger partial charge in [-0.1, -0.05) is 11.6 Å². The summed E-state index contributed by atoms with van der Waals surface area (Å²) in [5.41, 5.74) is 1.88. The molecule has 0 radical (unpaired) electrons. The number of rotatable bonds is 4. The minimum absolute atomic E-state index is 0.0193. The Hall–Kier alpha value is -2.95. The maximum absolute atomic E-state index is 12.2. The summed E-state index contributed by atoms with van der Waals surface area (Å²) in [5.74, 6) is -0.133. The molecule has 2 fully saturated rings. The molecular weight excluding hydrogens is 402 g/mol. The van der Waals surface area contributed by atoms with Crippen LogP contribution in [0.2, 0.25) is 5.02 Å². The average molecular weight is 422 g/mol. The second kappa shape index (κ2) is 7.71. The van der Waals surface area contributed by atoms with E-state index in [0.717, 1.165) is 47.8 Å². The van der Waals surface area contributed by atoms with Crippen molar-refractivity contribution in [2.24, 2.45) is 11.8 Å². The number of ether oxygens (including phenoxy) is 1. The van der Waals surface area contributed by atoms with Crippen LogP contribution in [0.4, 0.5) is 5.82 Å². The highest BCUT2D eigenvalue weighted by molar-refractivity contribution is 6.36. The van der Waals surface area contributed by atoms with Gasteiger partial charge in [0.25, 0.3) is 0 Å². The van der Waals surface area contributed by atoms with Gasteiger partial charge < -0.3 is 10.1 Å². The minimum atomic E-state index is -0.240. The van der Waals surface area contributed by atoms with Crippen LogP contribution in [-0.2, 0) is 9.53 Å². The number of benzene rings is 1. The molecule has 1 unspecified atom stereocenters. The van der Waals surface area contributed by atoms with Gasteiger partial charge in [-0.2, -0.15) is 10.4 Å². The van der Waals surface area contributed by atoms with Gasteiger partial charge in [0.05, 0.1) is 29.1 Å². The Kier molecular flexibility index (Phi) is 4.89. The Morgan fingerprint density at radius 1 is 1.27 bits per heavy atom. The maximum Gasteiger partial charge on any atom is 0.230 e. The molecule has 1 aliphatic carbocycles. The number of nitrogens with one attached hydrogen (secondary N) is 1. The summed E-state index contributed by atoms with van der Waals surface area (Å²) in [6, 6.07) is 7.84. The van der Waals surface area contributed by atoms with Crippen LogP contribution in [0.5, 0.6) is 0 Å². The van der Waals surface area contributed by atoms with Crippen LogP contribution < -0.4 is 5.32 Å². The topological polar surface area (TPSA) is 92.8 Å². The molecule has 7 nitrogen and oxygen atoms in total. The summed E-state index contributed by atoms with van der Waals surface area (Å²) in [7, 11) is 0. The molecule has 8 heteroatoms. The molecule has 152 valence electrons. The standard InChI is InChI=1S/C22H20ClN5O2/c23-19-7-13(16-10-26-28(12-16)21-3-1-2-4-30-21)5-14-8-20(25-11-18(14)19)27-22(29)17-6-15(17)9-24/h5,7-8,10-12,15,17,21H,1-4,6H2,(H,25,27,29)/t15-,17+,21?/m1/s1. The lowest BCUT2D eigenvalue weighted by atomic mass is 10.0. The van der Waals surface area contributed by atoms with Crippen molar-refractivity contribution in [1.29, 1.82) is 5.26 Å². The van der Waals surface area contributed by atoms with Crippen LogP contribution in [0.25, 0.3) is 21.9 Å². The average Bonchev–Trinajstić information content (AvgIpc) is 3.40. The predicted molar refractivity (Wildman–Crippen MR) is 113 cm³/mol. The van der Waals surface area contributed by atoms with Gasteiger partial charge in [0.15, 0.2) is 0 Å². The number of halogens is 1. The van der Waals surface area contributed by atoms with Crippen molar-refractivity contribution < 1.29 is 9.53 Å². The first-order valence-electron chi connectivity index (χ1n) is 10.1. The molecule has 5 rings (SSSR count). The fourth-order valence-corrected chi connectivity index (χ4v) is 4.15. The summed E-state index contributed by atoms with van der Waals surface area (Å²) in [6.45, 7) is 0.763. The molecule has 1 saturated carbocycles. The molecule has 30 heavy (non-hydrogen) atoms. The molecule has 2 aromatic heterocycles. The number of nitrogens with zero attached hydrogens (tertiary/aromatic N) is 4. The van der Waals surface area contributed by atoms with E-state index >= 15 is 0 Å². The number of aromatic nitrogens is 3. The van der Waals surface area contributed by atoms with Gasteiger partial charge in [-0.15, -0.1) is 0 Å². The normalized spacial score (nSPS) is 23.1. The third-order valence-electron chi connectivity index (χ3n) is 5.72. The van der Waals surface area contributed by atoms with E-state index in [1.807, 2.05) is 29.2 Å². The van der Waals surface area contributed by atoms with E-state index in [4.69, 9.17) is 21.6 Å². The predicted octanol–water partition coefficient (Wildman–Crippen LogP) is 4.55. The summed E-state index contributed by atoms with van der Waals surface area (Å²) in [6.07, 6.45) is 9.23. The van der Waals surface area contributed by atoms with E-state index in [1.165, 1.54) is 0 Å². The Bertz CT molecular complexity index is 1160. The van der Waals surface area contributed by atoms with Gasteiger partial charge in [-0.3, -0.25) is 4.79 Å². The first-order valence-corrected chi connectivity index (χ1v) is 10.5. The van der Waals surface area contributed by atoms with Crippen LogP contribution in [0.3, 0.4) is 0 Å². The van der Waals surface area contributed by atoms with Gasteiger partial charge in [0.1, 0.15) is 12.0 Å².